The molecule has 1 amide bonds. The van der Waals surface area contributed by atoms with Crippen LogP contribution in [0, 0.1) is 5.92 Å². The van der Waals surface area contributed by atoms with Crippen molar-refractivity contribution in [2.75, 3.05) is 26.7 Å². The second-order valence-corrected chi connectivity index (χ2v) is 10.3. The van der Waals surface area contributed by atoms with Crippen LogP contribution >= 0.6 is 23.2 Å². The SMILES string of the molecule is COc1ccc([C@@H]2CCN(C[C@@H]3CC[C@H](NC(=O)/C=C/c4cc(Cl)cc(Cl)c4)C3)C[C@@H]2O)cc1. The van der Waals surface area contributed by atoms with Crippen LogP contribution in [-0.2, 0) is 4.79 Å². The number of carbonyl (C=O) groups excluding carboxylic acids is 1. The highest BCUT2D eigenvalue weighted by Crippen LogP contribution is 2.32. The number of benzene rings is 2. The van der Waals surface area contributed by atoms with Crippen molar-refractivity contribution in [2.45, 2.75) is 43.7 Å². The van der Waals surface area contributed by atoms with Gasteiger partial charge >= 0.3 is 0 Å². The minimum absolute atomic E-state index is 0.0996. The molecule has 2 aliphatic rings. The zero-order valence-electron chi connectivity index (χ0n) is 19.4. The lowest BCUT2D eigenvalue weighted by Gasteiger charge is -2.37. The highest BCUT2D eigenvalue weighted by Gasteiger charge is 2.32. The Morgan fingerprint density at radius 3 is 2.56 bits per heavy atom. The maximum absolute atomic E-state index is 12.4. The molecule has 182 valence electrons. The predicted molar refractivity (Wildman–Crippen MR) is 138 cm³/mol. The normalized spacial score (nSPS) is 25.5. The van der Waals surface area contributed by atoms with E-state index in [9.17, 15) is 9.90 Å². The summed E-state index contributed by atoms with van der Waals surface area (Å²) in [4.78, 5) is 14.8. The Labute approximate surface area is 211 Å². The Bertz CT molecular complexity index is 991. The molecule has 0 radical (unpaired) electrons. The summed E-state index contributed by atoms with van der Waals surface area (Å²) in [6.45, 7) is 2.64. The van der Waals surface area contributed by atoms with E-state index in [1.54, 1.807) is 31.4 Å². The molecule has 5 nitrogen and oxygen atoms in total. The number of nitrogens with one attached hydrogen (secondary N) is 1. The van der Waals surface area contributed by atoms with Gasteiger partial charge in [0.2, 0.25) is 5.91 Å². The zero-order chi connectivity index (χ0) is 24.1. The molecule has 1 saturated heterocycles. The first-order valence-corrected chi connectivity index (χ1v) is 12.6. The van der Waals surface area contributed by atoms with Gasteiger partial charge in [0.15, 0.2) is 0 Å². The Morgan fingerprint density at radius 1 is 1.15 bits per heavy atom. The average molecular weight is 503 g/mol. The van der Waals surface area contributed by atoms with E-state index in [0.717, 1.165) is 50.1 Å². The number of nitrogens with zero attached hydrogens (tertiary/aromatic N) is 1. The number of aliphatic hydroxyl groups is 1. The van der Waals surface area contributed by atoms with Crippen molar-refractivity contribution < 1.29 is 14.6 Å². The number of piperidine rings is 1. The number of ether oxygens (including phenoxy) is 1. The third kappa shape index (κ3) is 6.76. The lowest BCUT2D eigenvalue weighted by Crippen LogP contribution is -2.44. The van der Waals surface area contributed by atoms with Gasteiger partial charge < -0.3 is 20.1 Å². The van der Waals surface area contributed by atoms with Crippen LogP contribution in [0.1, 0.15) is 42.7 Å². The molecule has 34 heavy (non-hydrogen) atoms. The number of methoxy groups -OCH3 is 1. The van der Waals surface area contributed by atoms with E-state index < -0.39 is 0 Å². The van der Waals surface area contributed by atoms with E-state index in [1.807, 2.05) is 12.1 Å². The van der Waals surface area contributed by atoms with E-state index in [1.165, 1.54) is 11.6 Å². The van der Waals surface area contributed by atoms with Gasteiger partial charge in [-0.1, -0.05) is 35.3 Å². The highest BCUT2D eigenvalue weighted by atomic mass is 35.5. The monoisotopic (exact) mass is 502 g/mol. The quantitative estimate of drug-likeness (QED) is 0.513. The molecule has 0 spiro atoms. The number of hydrogen-bond acceptors (Lipinski definition) is 4. The number of carbonyl (C=O) groups is 1. The highest BCUT2D eigenvalue weighted by molar-refractivity contribution is 6.34. The molecule has 0 bridgehead atoms. The first-order chi connectivity index (χ1) is 16.4. The fraction of sp³-hybridized carbons (Fsp3) is 0.444. The largest absolute Gasteiger partial charge is 0.497 e. The molecule has 2 aromatic rings. The third-order valence-electron chi connectivity index (χ3n) is 6.93. The summed E-state index contributed by atoms with van der Waals surface area (Å²) in [5.74, 6) is 1.44. The number of rotatable bonds is 7. The smallest absolute Gasteiger partial charge is 0.244 e. The Kier molecular flexibility index (Phi) is 8.54. The van der Waals surface area contributed by atoms with E-state index >= 15 is 0 Å². The molecule has 2 N–H and O–H groups in total. The third-order valence-corrected chi connectivity index (χ3v) is 7.36. The van der Waals surface area contributed by atoms with Crippen LogP contribution in [0.25, 0.3) is 6.08 Å². The van der Waals surface area contributed by atoms with Crippen molar-refractivity contribution in [3.05, 3.63) is 69.7 Å². The molecule has 1 saturated carbocycles. The van der Waals surface area contributed by atoms with E-state index in [2.05, 4.69) is 22.3 Å². The van der Waals surface area contributed by atoms with Crippen LogP contribution in [0.15, 0.2) is 48.5 Å². The summed E-state index contributed by atoms with van der Waals surface area (Å²) < 4.78 is 5.24. The number of halogens is 2. The fourth-order valence-electron chi connectivity index (χ4n) is 5.23. The number of aliphatic hydroxyl groups excluding tert-OH is 1. The van der Waals surface area contributed by atoms with Crippen molar-refractivity contribution in [1.82, 2.24) is 10.2 Å². The summed E-state index contributed by atoms with van der Waals surface area (Å²) in [7, 11) is 1.66. The van der Waals surface area contributed by atoms with Crippen LogP contribution in [0.4, 0.5) is 0 Å². The lowest BCUT2D eigenvalue weighted by molar-refractivity contribution is -0.117. The van der Waals surface area contributed by atoms with Crippen molar-refractivity contribution >= 4 is 35.2 Å². The number of hydrogen-bond donors (Lipinski definition) is 2. The van der Waals surface area contributed by atoms with Gasteiger partial charge in [-0.2, -0.15) is 0 Å². The molecule has 4 rings (SSSR count). The topological polar surface area (TPSA) is 61.8 Å². The summed E-state index contributed by atoms with van der Waals surface area (Å²) in [5, 5.41) is 15.0. The molecule has 2 aromatic carbocycles. The maximum atomic E-state index is 12.4. The minimum Gasteiger partial charge on any atom is -0.497 e. The van der Waals surface area contributed by atoms with Crippen LogP contribution in [0.2, 0.25) is 10.0 Å². The summed E-state index contributed by atoms with van der Waals surface area (Å²) >= 11 is 12.0. The number of β-amino-alcohol motifs (C(OH)–C–C–N with tert-alkyl or cyclic N) is 1. The van der Waals surface area contributed by atoms with Crippen molar-refractivity contribution in [2.24, 2.45) is 5.92 Å². The van der Waals surface area contributed by atoms with Crippen molar-refractivity contribution in [1.29, 1.82) is 0 Å². The molecule has 1 aliphatic carbocycles. The van der Waals surface area contributed by atoms with Crippen molar-refractivity contribution in [3.63, 3.8) is 0 Å². The molecule has 0 aromatic heterocycles. The molecular formula is C27H32Cl2N2O3. The van der Waals surface area contributed by atoms with E-state index in [0.29, 0.717) is 22.5 Å². The van der Waals surface area contributed by atoms with Gasteiger partial charge in [-0.3, -0.25) is 4.79 Å². The molecule has 1 aliphatic heterocycles. The maximum Gasteiger partial charge on any atom is 0.244 e. The predicted octanol–water partition coefficient (Wildman–Crippen LogP) is 5.15. The standard InChI is InChI=1S/C27H32Cl2N2O3/c1-34-24-7-4-20(5-8-24)25-10-11-31(17-26(25)32)16-19-2-6-23(14-19)30-27(33)9-3-18-12-21(28)15-22(29)13-18/h3-5,7-9,12-13,15,19,23,25-26,32H,2,6,10-11,14,16-17H2,1H3,(H,30,33)/b9-3+/t19-,23+,25+,26+/m1/s1. The fourth-order valence-corrected chi connectivity index (χ4v) is 5.78. The van der Waals surface area contributed by atoms with Crippen LogP contribution in [-0.4, -0.2) is 54.8 Å². The number of amides is 1. The molecule has 4 atom stereocenters. The zero-order valence-corrected chi connectivity index (χ0v) is 20.9. The van der Waals surface area contributed by atoms with Gasteiger partial charge in [0, 0.05) is 41.2 Å². The Balaban J connectivity index is 1.22. The summed E-state index contributed by atoms with van der Waals surface area (Å²) in [6.07, 6.45) is 6.88. The van der Waals surface area contributed by atoms with Crippen LogP contribution in [0.3, 0.4) is 0 Å². The van der Waals surface area contributed by atoms with Gasteiger partial charge in [0.25, 0.3) is 0 Å². The average Bonchev–Trinajstić information content (AvgIpc) is 3.24. The molecule has 0 unspecified atom stereocenters. The second kappa shape index (κ2) is 11.6. The van der Waals surface area contributed by atoms with Gasteiger partial charge in [-0.05, 0) is 85.7 Å². The number of likely N-dealkylation sites (tertiary alicyclic amines) is 1. The lowest BCUT2D eigenvalue weighted by atomic mass is 9.86. The Hall–Kier alpha value is -2.05. The minimum atomic E-state index is -0.371. The van der Waals surface area contributed by atoms with Crippen molar-refractivity contribution in [3.8, 4) is 5.75 Å². The van der Waals surface area contributed by atoms with E-state index in [-0.39, 0.29) is 24.0 Å². The molecule has 2 fully saturated rings. The summed E-state index contributed by atoms with van der Waals surface area (Å²) in [6, 6.07) is 13.4. The molecule has 7 heteroatoms. The Morgan fingerprint density at radius 2 is 1.88 bits per heavy atom. The van der Waals surface area contributed by atoms with Gasteiger partial charge in [-0.15, -0.1) is 0 Å². The summed E-state index contributed by atoms with van der Waals surface area (Å²) in [5.41, 5.74) is 1.97. The van der Waals surface area contributed by atoms with Gasteiger partial charge in [-0.25, -0.2) is 0 Å². The molecule has 1 heterocycles. The van der Waals surface area contributed by atoms with Crippen LogP contribution in [0.5, 0.6) is 5.75 Å². The van der Waals surface area contributed by atoms with Crippen LogP contribution < -0.4 is 10.1 Å². The van der Waals surface area contributed by atoms with E-state index in [4.69, 9.17) is 27.9 Å². The van der Waals surface area contributed by atoms with Gasteiger partial charge in [0.05, 0.1) is 13.2 Å². The van der Waals surface area contributed by atoms with Gasteiger partial charge in [0.1, 0.15) is 5.75 Å². The molecular weight excluding hydrogens is 471 g/mol. The first-order valence-electron chi connectivity index (χ1n) is 11.9. The second-order valence-electron chi connectivity index (χ2n) is 9.42. The first kappa shape index (κ1) is 25.1.